The second-order valence-electron chi connectivity index (χ2n) is 7.02. The van der Waals surface area contributed by atoms with E-state index in [2.05, 4.69) is 15.3 Å². The van der Waals surface area contributed by atoms with Gasteiger partial charge < -0.3 is 15.0 Å². The first-order valence-corrected chi connectivity index (χ1v) is 10.0. The number of carbonyl (C=O) groups is 2. The molecular weight excluding hydrogens is 404 g/mol. The third kappa shape index (κ3) is 4.78. The van der Waals surface area contributed by atoms with E-state index in [-0.39, 0.29) is 25.3 Å². The Labute approximate surface area is 171 Å². The van der Waals surface area contributed by atoms with Gasteiger partial charge >= 0.3 is 5.97 Å². The summed E-state index contributed by atoms with van der Waals surface area (Å²) in [7, 11) is 3.07. The number of likely N-dealkylation sites (N-methyl/N-ethyl adjacent to an activating group) is 1. The van der Waals surface area contributed by atoms with Crippen molar-refractivity contribution >= 4 is 29.0 Å². The first kappa shape index (κ1) is 21.3. The lowest BCUT2D eigenvalue weighted by molar-refractivity contribution is -0.138. The molecule has 1 unspecified atom stereocenters. The number of rotatable bonds is 6. The summed E-state index contributed by atoms with van der Waals surface area (Å²) < 4.78 is 33.3. The normalized spacial score (nSPS) is 21.6. The van der Waals surface area contributed by atoms with Crippen molar-refractivity contribution in [1.29, 1.82) is 0 Å². The fraction of sp³-hybridized carbons (Fsp3) is 0.556. The quantitative estimate of drug-likeness (QED) is 0.685. The highest BCUT2D eigenvalue weighted by Crippen LogP contribution is 2.33. The molecule has 1 atom stereocenters. The summed E-state index contributed by atoms with van der Waals surface area (Å²) in [5.74, 6) is -3.48. The van der Waals surface area contributed by atoms with Crippen LogP contribution in [0.3, 0.4) is 0 Å². The molecule has 8 nitrogen and oxygen atoms in total. The van der Waals surface area contributed by atoms with E-state index in [0.717, 1.165) is 0 Å². The van der Waals surface area contributed by atoms with Crippen LogP contribution in [0.4, 0.5) is 8.78 Å². The molecular formula is C18H23F2N5O3S. The van der Waals surface area contributed by atoms with Crippen molar-refractivity contribution in [3.63, 3.8) is 0 Å². The lowest BCUT2D eigenvalue weighted by atomic mass is 10.1. The van der Waals surface area contributed by atoms with Crippen LogP contribution in [0.2, 0.25) is 0 Å². The molecule has 3 heterocycles. The molecule has 3 rings (SSSR count). The van der Waals surface area contributed by atoms with Crippen molar-refractivity contribution in [3.05, 3.63) is 27.9 Å². The Hall–Kier alpha value is -2.40. The Morgan fingerprint density at radius 1 is 1.45 bits per heavy atom. The number of hydrogen-bond acceptors (Lipinski definition) is 8. The van der Waals surface area contributed by atoms with Crippen LogP contribution >= 0.6 is 11.3 Å². The number of nitrogens with zero attached hydrogens (tertiary/aromatic N) is 4. The van der Waals surface area contributed by atoms with Gasteiger partial charge in [-0.25, -0.2) is 18.6 Å². The van der Waals surface area contributed by atoms with E-state index in [4.69, 9.17) is 4.74 Å². The van der Waals surface area contributed by atoms with Crippen LogP contribution in [0.25, 0.3) is 0 Å². The number of halogens is 2. The molecule has 2 aliphatic rings. The Balaban J connectivity index is 1.88. The smallest absolute Gasteiger partial charge is 0.337 e. The van der Waals surface area contributed by atoms with Crippen molar-refractivity contribution in [1.82, 2.24) is 20.1 Å². The first-order valence-electron chi connectivity index (χ1n) is 9.15. The third-order valence-electron chi connectivity index (χ3n) is 4.64. The topological polar surface area (TPSA) is 87.1 Å². The average molecular weight is 427 g/mol. The van der Waals surface area contributed by atoms with Crippen molar-refractivity contribution in [2.24, 2.45) is 4.99 Å². The highest BCUT2D eigenvalue weighted by molar-refractivity contribution is 7.11. The summed E-state index contributed by atoms with van der Waals surface area (Å²) in [5, 5.41) is 5.46. The van der Waals surface area contributed by atoms with Crippen LogP contribution in [-0.2, 0) is 14.3 Å². The van der Waals surface area contributed by atoms with Crippen LogP contribution in [0.15, 0.2) is 27.8 Å². The number of esters is 1. The molecule has 1 aromatic rings. The van der Waals surface area contributed by atoms with Crippen LogP contribution in [0.1, 0.15) is 18.4 Å². The lowest BCUT2D eigenvalue weighted by Gasteiger charge is -2.28. The number of hydrogen-bond donors (Lipinski definition) is 1. The van der Waals surface area contributed by atoms with E-state index in [9.17, 15) is 18.4 Å². The van der Waals surface area contributed by atoms with Gasteiger partial charge in [0.25, 0.3) is 5.92 Å². The molecule has 1 N–H and O–H groups in total. The maximum Gasteiger partial charge on any atom is 0.337 e. The second-order valence-corrected chi connectivity index (χ2v) is 7.91. The van der Waals surface area contributed by atoms with Crippen LogP contribution in [0, 0.1) is 0 Å². The van der Waals surface area contributed by atoms with Crippen LogP contribution in [-0.4, -0.2) is 84.8 Å². The summed E-state index contributed by atoms with van der Waals surface area (Å²) in [6.45, 7) is 1.32. The predicted octanol–water partition coefficient (Wildman–Crippen LogP) is 1.11. The Bertz CT molecular complexity index is 839. The highest BCUT2D eigenvalue weighted by Gasteiger charge is 2.48. The van der Waals surface area contributed by atoms with Crippen LogP contribution in [0.5, 0.6) is 0 Å². The van der Waals surface area contributed by atoms with E-state index in [1.54, 1.807) is 18.5 Å². The lowest BCUT2D eigenvalue weighted by Crippen LogP contribution is -2.46. The molecule has 2 aliphatic heterocycles. The number of aromatic nitrogens is 1. The molecule has 1 fully saturated rings. The third-order valence-corrected chi connectivity index (χ3v) is 5.42. The number of alkyl halides is 2. The molecule has 0 aromatic carbocycles. The minimum absolute atomic E-state index is 0.0294. The summed E-state index contributed by atoms with van der Waals surface area (Å²) in [6, 6.07) is -0.972. The van der Waals surface area contributed by atoms with Gasteiger partial charge in [-0.2, -0.15) is 0 Å². The highest BCUT2D eigenvalue weighted by atomic mass is 32.1. The van der Waals surface area contributed by atoms with Gasteiger partial charge in [0.1, 0.15) is 0 Å². The molecule has 1 aromatic heterocycles. The number of carbonyl (C=O) groups excluding carboxylic acids is 2. The van der Waals surface area contributed by atoms with Crippen molar-refractivity contribution < 1.29 is 23.1 Å². The van der Waals surface area contributed by atoms with Gasteiger partial charge in [-0.1, -0.05) is 0 Å². The maximum atomic E-state index is 14.1. The van der Waals surface area contributed by atoms with Crippen LogP contribution < -0.4 is 5.32 Å². The van der Waals surface area contributed by atoms with Gasteiger partial charge in [-0.3, -0.25) is 14.7 Å². The summed E-state index contributed by atoms with van der Waals surface area (Å²) in [6.07, 6.45) is 1.07. The number of thiazole rings is 1. The largest absolute Gasteiger partial charge is 0.463 e. The Morgan fingerprint density at radius 3 is 2.83 bits per heavy atom. The van der Waals surface area contributed by atoms with Gasteiger partial charge in [0.15, 0.2) is 10.8 Å². The molecule has 1 amide bonds. The fourth-order valence-electron chi connectivity index (χ4n) is 3.31. The molecule has 0 aliphatic carbocycles. The summed E-state index contributed by atoms with van der Waals surface area (Å²) >= 11 is 1.37. The van der Waals surface area contributed by atoms with E-state index in [1.165, 1.54) is 35.2 Å². The zero-order chi connectivity index (χ0) is 21.2. The van der Waals surface area contributed by atoms with E-state index in [0.29, 0.717) is 16.5 Å². The van der Waals surface area contributed by atoms with Crippen molar-refractivity contribution in [2.75, 3.05) is 40.3 Å². The molecule has 0 saturated carbocycles. The van der Waals surface area contributed by atoms with Gasteiger partial charge in [0, 0.05) is 44.3 Å². The van der Waals surface area contributed by atoms with Crippen molar-refractivity contribution in [2.45, 2.75) is 25.3 Å². The Kier molecular flexibility index (Phi) is 6.27. The number of aliphatic imine (C=N–C) groups is 1. The SMILES string of the molecule is CCOC(=O)C1=C(CN2CC(F)(F)CC2C(=O)N(C)C)NC(c2nccs2)=NC1. The minimum atomic E-state index is -2.98. The van der Waals surface area contributed by atoms with Crippen molar-refractivity contribution in [3.8, 4) is 0 Å². The zero-order valence-electron chi connectivity index (χ0n) is 16.4. The molecule has 158 valence electrons. The molecule has 0 radical (unpaired) electrons. The fourth-order valence-corrected chi connectivity index (χ4v) is 3.91. The number of amidine groups is 1. The minimum Gasteiger partial charge on any atom is -0.463 e. The second kappa shape index (κ2) is 8.54. The summed E-state index contributed by atoms with van der Waals surface area (Å²) in [5.41, 5.74) is 0.663. The molecule has 1 saturated heterocycles. The number of amides is 1. The zero-order valence-corrected chi connectivity index (χ0v) is 17.3. The molecule has 0 spiro atoms. The monoisotopic (exact) mass is 427 g/mol. The standard InChI is InChI=1S/C18H23F2N5O3S/c1-4-28-17(27)11-8-22-14(15-21-5-6-29-15)23-12(11)9-25-10-18(19,20)7-13(25)16(26)24(2)3/h5-6,13H,4,7-10H2,1-3H3,(H,22,23). The van der Waals surface area contributed by atoms with E-state index < -0.39 is 36.8 Å². The molecule has 29 heavy (non-hydrogen) atoms. The predicted molar refractivity (Wildman–Crippen MR) is 104 cm³/mol. The van der Waals surface area contributed by atoms with Gasteiger partial charge in [-0.15, -0.1) is 11.3 Å². The number of nitrogens with one attached hydrogen (secondary N) is 1. The Morgan fingerprint density at radius 2 is 2.21 bits per heavy atom. The first-order chi connectivity index (χ1) is 13.7. The van der Waals surface area contributed by atoms with Gasteiger partial charge in [0.05, 0.1) is 31.3 Å². The van der Waals surface area contributed by atoms with Gasteiger partial charge in [0.2, 0.25) is 5.91 Å². The maximum absolute atomic E-state index is 14.1. The molecule has 0 bridgehead atoms. The van der Waals surface area contributed by atoms with Gasteiger partial charge in [-0.05, 0) is 6.92 Å². The van der Waals surface area contributed by atoms with E-state index >= 15 is 0 Å². The number of likely N-dealkylation sites (tertiary alicyclic amines) is 1. The summed E-state index contributed by atoms with van der Waals surface area (Å²) in [4.78, 5) is 36.1. The van der Waals surface area contributed by atoms with E-state index in [1.807, 2.05) is 0 Å². The average Bonchev–Trinajstić information content (AvgIpc) is 3.29. The number of ether oxygens (including phenoxy) is 1. The molecule has 11 heteroatoms.